The average Bonchev–Trinajstić information content (AvgIpc) is 2.29. The van der Waals surface area contributed by atoms with Gasteiger partial charge in [0.1, 0.15) is 5.56 Å². The highest BCUT2D eigenvalue weighted by atomic mass is 16.5. The molecule has 0 saturated carbocycles. The SMILES string of the molecule is CC(C)Oc1nn(C)cc1C(N)=O. The molecule has 2 N–H and O–H groups in total. The molecule has 1 rings (SSSR count). The van der Waals surface area contributed by atoms with Crippen molar-refractivity contribution in [1.82, 2.24) is 9.78 Å². The van der Waals surface area contributed by atoms with Gasteiger partial charge in [-0.3, -0.25) is 9.48 Å². The number of amides is 1. The summed E-state index contributed by atoms with van der Waals surface area (Å²) in [4.78, 5) is 10.9. The van der Waals surface area contributed by atoms with Crippen molar-refractivity contribution in [2.75, 3.05) is 0 Å². The van der Waals surface area contributed by atoms with Crippen LogP contribution in [0.15, 0.2) is 6.20 Å². The lowest BCUT2D eigenvalue weighted by Gasteiger charge is -2.06. The molecule has 0 bridgehead atoms. The molecule has 72 valence electrons. The van der Waals surface area contributed by atoms with Gasteiger partial charge in [-0.2, -0.15) is 0 Å². The predicted octanol–water partition coefficient (Wildman–Crippen LogP) is 0.306. The minimum Gasteiger partial charge on any atom is -0.473 e. The quantitative estimate of drug-likeness (QED) is 0.733. The summed E-state index contributed by atoms with van der Waals surface area (Å²) in [6.45, 7) is 3.72. The predicted molar refractivity (Wildman–Crippen MR) is 47.5 cm³/mol. The third kappa shape index (κ3) is 2.21. The van der Waals surface area contributed by atoms with E-state index >= 15 is 0 Å². The van der Waals surface area contributed by atoms with Crippen molar-refractivity contribution in [3.05, 3.63) is 11.8 Å². The summed E-state index contributed by atoms with van der Waals surface area (Å²) >= 11 is 0. The van der Waals surface area contributed by atoms with Crippen LogP contribution in [0, 0.1) is 0 Å². The lowest BCUT2D eigenvalue weighted by atomic mass is 10.3. The summed E-state index contributed by atoms with van der Waals surface area (Å²) in [6.07, 6.45) is 1.52. The maximum Gasteiger partial charge on any atom is 0.255 e. The van der Waals surface area contributed by atoms with Crippen LogP contribution in [0.2, 0.25) is 0 Å². The van der Waals surface area contributed by atoms with Crippen molar-refractivity contribution >= 4 is 5.91 Å². The molecular formula is C8H13N3O2. The van der Waals surface area contributed by atoms with E-state index < -0.39 is 5.91 Å². The Morgan fingerprint density at radius 2 is 2.31 bits per heavy atom. The number of rotatable bonds is 3. The Balaban J connectivity index is 2.97. The zero-order chi connectivity index (χ0) is 10.0. The number of nitrogens with zero attached hydrogens (tertiary/aromatic N) is 2. The van der Waals surface area contributed by atoms with Crippen LogP contribution in [0.5, 0.6) is 5.88 Å². The Morgan fingerprint density at radius 3 is 2.77 bits per heavy atom. The van der Waals surface area contributed by atoms with Gasteiger partial charge in [-0.25, -0.2) is 0 Å². The topological polar surface area (TPSA) is 70.1 Å². The van der Waals surface area contributed by atoms with Crippen LogP contribution in [0.25, 0.3) is 0 Å². The van der Waals surface area contributed by atoms with Crippen LogP contribution in [0.1, 0.15) is 24.2 Å². The first-order valence-electron chi connectivity index (χ1n) is 4.01. The molecule has 0 unspecified atom stereocenters. The molecule has 0 saturated heterocycles. The zero-order valence-electron chi connectivity index (χ0n) is 7.94. The number of ether oxygens (including phenoxy) is 1. The second-order valence-electron chi connectivity index (χ2n) is 3.05. The number of primary amides is 1. The van der Waals surface area contributed by atoms with Gasteiger partial charge in [-0.05, 0) is 13.8 Å². The van der Waals surface area contributed by atoms with Gasteiger partial charge in [0, 0.05) is 13.2 Å². The molecule has 1 amide bonds. The van der Waals surface area contributed by atoms with Gasteiger partial charge in [0.05, 0.1) is 6.10 Å². The van der Waals surface area contributed by atoms with E-state index in [-0.39, 0.29) is 6.10 Å². The highest BCUT2D eigenvalue weighted by molar-refractivity contribution is 5.94. The minimum atomic E-state index is -0.524. The van der Waals surface area contributed by atoms with Crippen molar-refractivity contribution in [2.45, 2.75) is 20.0 Å². The zero-order valence-corrected chi connectivity index (χ0v) is 7.94. The van der Waals surface area contributed by atoms with E-state index in [4.69, 9.17) is 10.5 Å². The van der Waals surface area contributed by atoms with Crippen LogP contribution in [-0.4, -0.2) is 21.8 Å². The van der Waals surface area contributed by atoms with Crippen LogP contribution in [-0.2, 0) is 7.05 Å². The number of aromatic nitrogens is 2. The molecule has 0 aliphatic carbocycles. The number of hydrogen-bond acceptors (Lipinski definition) is 3. The van der Waals surface area contributed by atoms with Crippen LogP contribution < -0.4 is 10.5 Å². The van der Waals surface area contributed by atoms with E-state index in [2.05, 4.69) is 5.10 Å². The molecule has 0 spiro atoms. The van der Waals surface area contributed by atoms with Crippen LogP contribution in [0.3, 0.4) is 0 Å². The Bertz CT molecular complexity index is 317. The third-order valence-corrected chi connectivity index (χ3v) is 1.41. The Labute approximate surface area is 76.5 Å². The molecule has 0 radical (unpaired) electrons. The van der Waals surface area contributed by atoms with Gasteiger partial charge in [0.25, 0.3) is 5.91 Å². The monoisotopic (exact) mass is 183 g/mol. The molecule has 1 aromatic heterocycles. The van der Waals surface area contributed by atoms with Gasteiger partial charge < -0.3 is 10.5 Å². The Kier molecular flexibility index (Phi) is 2.55. The smallest absolute Gasteiger partial charge is 0.255 e. The minimum absolute atomic E-state index is 0.0204. The number of nitrogens with two attached hydrogens (primary N) is 1. The van der Waals surface area contributed by atoms with E-state index in [9.17, 15) is 4.79 Å². The van der Waals surface area contributed by atoms with Gasteiger partial charge in [-0.1, -0.05) is 0 Å². The maximum atomic E-state index is 10.9. The first-order chi connectivity index (χ1) is 6.00. The fourth-order valence-electron chi connectivity index (χ4n) is 0.947. The number of aryl methyl sites for hydroxylation is 1. The average molecular weight is 183 g/mol. The summed E-state index contributed by atoms with van der Waals surface area (Å²) in [5.41, 5.74) is 5.45. The lowest BCUT2D eigenvalue weighted by molar-refractivity contribution is 0.0994. The van der Waals surface area contributed by atoms with E-state index in [1.165, 1.54) is 4.68 Å². The number of carbonyl (C=O) groups excluding carboxylic acids is 1. The van der Waals surface area contributed by atoms with Crippen molar-refractivity contribution in [3.63, 3.8) is 0 Å². The van der Waals surface area contributed by atoms with E-state index in [0.29, 0.717) is 11.4 Å². The second kappa shape index (κ2) is 3.47. The number of hydrogen-bond donors (Lipinski definition) is 1. The van der Waals surface area contributed by atoms with E-state index in [0.717, 1.165) is 0 Å². The Hall–Kier alpha value is -1.52. The summed E-state index contributed by atoms with van der Waals surface area (Å²) in [5.74, 6) is -0.228. The van der Waals surface area contributed by atoms with Gasteiger partial charge in [-0.15, -0.1) is 5.10 Å². The molecule has 0 aliphatic rings. The largest absolute Gasteiger partial charge is 0.473 e. The molecule has 0 aliphatic heterocycles. The van der Waals surface area contributed by atoms with Gasteiger partial charge in [0.15, 0.2) is 0 Å². The lowest BCUT2D eigenvalue weighted by Crippen LogP contribution is -2.14. The van der Waals surface area contributed by atoms with Crippen molar-refractivity contribution < 1.29 is 9.53 Å². The highest BCUT2D eigenvalue weighted by Gasteiger charge is 2.14. The molecule has 5 heteroatoms. The van der Waals surface area contributed by atoms with Crippen molar-refractivity contribution in [2.24, 2.45) is 12.8 Å². The fourth-order valence-corrected chi connectivity index (χ4v) is 0.947. The molecule has 0 fully saturated rings. The third-order valence-electron chi connectivity index (χ3n) is 1.41. The highest BCUT2D eigenvalue weighted by Crippen LogP contribution is 2.15. The Morgan fingerprint density at radius 1 is 1.69 bits per heavy atom. The van der Waals surface area contributed by atoms with Gasteiger partial charge >= 0.3 is 0 Å². The first-order valence-corrected chi connectivity index (χ1v) is 4.01. The fraction of sp³-hybridized carbons (Fsp3) is 0.500. The number of carbonyl (C=O) groups is 1. The normalized spacial score (nSPS) is 10.5. The maximum absolute atomic E-state index is 10.9. The molecule has 1 aromatic rings. The van der Waals surface area contributed by atoms with Crippen molar-refractivity contribution in [3.8, 4) is 5.88 Å². The molecule has 0 atom stereocenters. The summed E-state index contributed by atoms with van der Waals surface area (Å²) in [5, 5.41) is 3.97. The van der Waals surface area contributed by atoms with Crippen LogP contribution in [0.4, 0.5) is 0 Å². The van der Waals surface area contributed by atoms with Crippen molar-refractivity contribution in [1.29, 1.82) is 0 Å². The van der Waals surface area contributed by atoms with E-state index in [1.54, 1.807) is 13.2 Å². The summed E-state index contributed by atoms with van der Waals surface area (Å²) < 4.78 is 6.79. The summed E-state index contributed by atoms with van der Waals surface area (Å²) in [6, 6.07) is 0. The second-order valence-corrected chi connectivity index (χ2v) is 3.05. The molecule has 0 aromatic carbocycles. The van der Waals surface area contributed by atoms with Crippen LogP contribution >= 0.6 is 0 Å². The molecule has 13 heavy (non-hydrogen) atoms. The summed E-state index contributed by atoms with van der Waals surface area (Å²) in [7, 11) is 1.71. The first kappa shape index (κ1) is 9.57. The van der Waals surface area contributed by atoms with E-state index in [1.807, 2.05) is 13.8 Å². The molecule has 1 heterocycles. The molecular weight excluding hydrogens is 170 g/mol. The standard InChI is InChI=1S/C8H13N3O2/c1-5(2)13-8-6(7(9)12)4-11(3)10-8/h4-5H,1-3H3,(H2,9,12). The van der Waals surface area contributed by atoms with Gasteiger partial charge in [0.2, 0.25) is 5.88 Å². The molecule has 5 nitrogen and oxygen atoms in total.